The van der Waals surface area contributed by atoms with Crippen LogP contribution in [0.5, 0.6) is 11.5 Å². The first-order valence-electron chi connectivity index (χ1n) is 8.99. The minimum Gasteiger partial charge on any atom is -0.493 e. The maximum atomic E-state index is 12.9. The van der Waals surface area contributed by atoms with Gasteiger partial charge in [-0.2, -0.15) is 4.98 Å². The number of rotatable bonds is 9. The summed E-state index contributed by atoms with van der Waals surface area (Å²) >= 11 is 0. The van der Waals surface area contributed by atoms with E-state index in [2.05, 4.69) is 10.1 Å². The average molecular weight is 414 g/mol. The van der Waals surface area contributed by atoms with Gasteiger partial charge in [0.1, 0.15) is 5.82 Å². The Morgan fingerprint density at radius 3 is 2.47 bits per heavy atom. The number of benzene rings is 2. The molecule has 0 N–H and O–H groups in total. The molecule has 2 aromatic carbocycles. The van der Waals surface area contributed by atoms with Crippen LogP contribution in [0, 0.1) is 5.82 Å². The van der Waals surface area contributed by atoms with Crippen LogP contribution in [0.15, 0.2) is 47.0 Å². The summed E-state index contributed by atoms with van der Waals surface area (Å²) in [6, 6.07) is 10.2. The summed E-state index contributed by atoms with van der Waals surface area (Å²) in [7, 11) is 3.06. The van der Waals surface area contributed by atoms with Crippen molar-refractivity contribution in [1.29, 1.82) is 0 Å². The average Bonchev–Trinajstić information content (AvgIpc) is 3.25. The maximum Gasteiger partial charge on any atom is 0.306 e. The summed E-state index contributed by atoms with van der Waals surface area (Å²) in [5.41, 5.74) is 0.927. The van der Waals surface area contributed by atoms with Crippen LogP contribution in [0.25, 0.3) is 11.4 Å². The molecule has 0 fully saturated rings. The maximum absolute atomic E-state index is 12.9. The third kappa shape index (κ3) is 5.19. The van der Waals surface area contributed by atoms with Crippen molar-refractivity contribution in [2.24, 2.45) is 0 Å². The lowest BCUT2D eigenvalue weighted by atomic mass is 10.1. The highest BCUT2D eigenvalue weighted by Crippen LogP contribution is 2.31. The highest BCUT2D eigenvalue weighted by Gasteiger charge is 2.15. The van der Waals surface area contributed by atoms with Crippen LogP contribution in [0.2, 0.25) is 0 Å². The Morgan fingerprint density at radius 1 is 1.03 bits per heavy atom. The summed E-state index contributed by atoms with van der Waals surface area (Å²) in [6.07, 6.45) is 0.119. The highest BCUT2D eigenvalue weighted by atomic mass is 19.1. The fourth-order valence-corrected chi connectivity index (χ4v) is 2.60. The molecule has 1 aromatic heterocycles. The lowest BCUT2D eigenvalue weighted by Gasteiger charge is -2.07. The molecular formula is C21H19FN2O6. The molecule has 0 aliphatic heterocycles. The monoisotopic (exact) mass is 414 g/mol. The van der Waals surface area contributed by atoms with Crippen molar-refractivity contribution in [2.45, 2.75) is 12.8 Å². The summed E-state index contributed by atoms with van der Waals surface area (Å²) in [6.45, 7) is -0.425. The Balaban J connectivity index is 1.52. The van der Waals surface area contributed by atoms with Gasteiger partial charge in [-0.05, 0) is 42.5 Å². The number of methoxy groups -OCH3 is 2. The molecule has 0 atom stereocenters. The van der Waals surface area contributed by atoms with Crippen molar-refractivity contribution in [1.82, 2.24) is 10.1 Å². The highest BCUT2D eigenvalue weighted by molar-refractivity contribution is 5.97. The number of esters is 1. The first kappa shape index (κ1) is 21.0. The molecule has 1 heterocycles. The predicted octanol–water partition coefficient (Wildman–Crippen LogP) is 3.25. The summed E-state index contributed by atoms with van der Waals surface area (Å²) < 4.78 is 33.4. The molecule has 0 saturated heterocycles. The number of carbonyl (C=O) groups excluding carboxylic acids is 2. The number of aromatic nitrogens is 2. The van der Waals surface area contributed by atoms with Gasteiger partial charge in [0.15, 0.2) is 23.9 Å². The van der Waals surface area contributed by atoms with E-state index in [0.29, 0.717) is 22.9 Å². The largest absolute Gasteiger partial charge is 0.493 e. The molecule has 3 rings (SSSR count). The van der Waals surface area contributed by atoms with Crippen LogP contribution >= 0.6 is 0 Å². The minimum absolute atomic E-state index is 0.0374. The number of aryl methyl sites for hydroxylation is 1. The number of ether oxygens (including phenoxy) is 3. The molecule has 8 nitrogen and oxygen atoms in total. The molecule has 30 heavy (non-hydrogen) atoms. The number of carbonyl (C=O) groups is 2. The van der Waals surface area contributed by atoms with Crippen LogP contribution in [0.3, 0.4) is 0 Å². The zero-order valence-electron chi connectivity index (χ0n) is 16.4. The Bertz CT molecular complexity index is 1030. The fourth-order valence-electron chi connectivity index (χ4n) is 2.60. The van der Waals surface area contributed by atoms with Crippen LogP contribution in [0.4, 0.5) is 4.39 Å². The van der Waals surface area contributed by atoms with E-state index >= 15 is 0 Å². The summed E-state index contributed by atoms with van der Waals surface area (Å²) in [4.78, 5) is 28.1. The van der Waals surface area contributed by atoms with Crippen molar-refractivity contribution >= 4 is 11.8 Å². The topological polar surface area (TPSA) is 101 Å². The third-order valence-electron chi connectivity index (χ3n) is 4.18. The Hall–Kier alpha value is -3.75. The molecule has 156 valence electrons. The molecule has 0 saturated carbocycles. The third-order valence-corrected chi connectivity index (χ3v) is 4.18. The first-order chi connectivity index (χ1) is 14.5. The second kappa shape index (κ2) is 9.64. The van der Waals surface area contributed by atoms with Gasteiger partial charge in [0, 0.05) is 17.5 Å². The Labute approximate surface area is 171 Å². The van der Waals surface area contributed by atoms with Crippen molar-refractivity contribution in [2.75, 3.05) is 20.8 Å². The van der Waals surface area contributed by atoms with Crippen molar-refractivity contribution < 1.29 is 32.7 Å². The molecular weight excluding hydrogens is 395 g/mol. The van der Waals surface area contributed by atoms with Gasteiger partial charge in [-0.15, -0.1) is 0 Å². The molecule has 0 unspecified atom stereocenters. The Morgan fingerprint density at radius 2 is 1.77 bits per heavy atom. The minimum atomic E-state index is -0.587. The Kier molecular flexibility index (Phi) is 6.74. The van der Waals surface area contributed by atoms with Gasteiger partial charge >= 0.3 is 5.97 Å². The number of Topliss-reactive ketones (excluding diaryl/α,β-unsaturated/α-hetero) is 1. The number of ketones is 1. The number of hydrogen-bond donors (Lipinski definition) is 0. The van der Waals surface area contributed by atoms with Gasteiger partial charge in [0.2, 0.25) is 11.7 Å². The standard InChI is InChI=1S/C21H19FN2O6/c1-27-17-8-5-14(11-18(17)28-2)21-23-19(30-24-21)9-10-20(26)29-12-16(25)13-3-6-15(22)7-4-13/h3-8,11H,9-10,12H2,1-2H3. The van der Waals surface area contributed by atoms with Crippen LogP contribution in [0.1, 0.15) is 22.7 Å². The van der Waals surface area contributed by atoms with Crippen molar-refractivity contribution in [3.63, 3.8) is 0 Å². The molecule has 0 aliphatic carbocycles. The van der Waals surface area contributed by atoms with E-state index in [-0.39, 0.29) is 24.3 Å². The van der Waals surface area contributed by atoms with Gasteiger partial charge in [-0.25, -0.2) is 4.39 Å². The molecule has 9 heteroatoms. The number of nitrogens with zero attached hydrogens (tertiary/aromatic N) is 2. The van der Waals surface area contributed by atoms with E-state index < -0.39 is 24.2 Å². The van der Waals surface area contributed by atoms with E-state index in [9.17, 15) is 14.0 Å². The molecule has 0 aliphatic rings. The number of halogens is 1. The van der Waals surface area contributed by atoms with Crippen molar-refractivity contribution in [3.8, 4) is 22.9 Å². The lowest BCUT2D eigenvalue weighted by Crippen LogP contribution is -2.14. The molecule has 0 radical (unpaired) electrons. The number of hydrogen-bond acceptors (Lipinski definition) is 8. The van der Waals surface area contributed by atoms with E-state index in [1.165, 1.54) is 38.5 Å². The predicted molar refractivity (Wildman–Crippen MR) is 103 cm³/mol. The van der Waals surface area contributed by atoms with Crippen LogP contribution < -0.4 is 9.47 Å². The normalized spacial score (nSPS) is 10.5. The fraction of sp³-hybridized carbons (Fsp3) is 0.238. The zero-order valence-corrected chi connectivity index (χ0v) is 16.4. The van der Waals surface area contributed by atoms with Gasteiger partial charge in [0.05, 0.1) is 20.6 Å². The van der Waals surface area contributed by atoms with Gasteiger partial charge in [-0.3, -0.25) is 9.59 Å². The molecule has 3 aromatic rings. The van der Waals surface area contributed by atoms with Gasteiger partial charge in [0.25, 0.3) is 0 Å². The first-order valence-corrected chi connectivity index (χ1v) is 8.99. The quantitative estimate of drug-likeness (QED) is 0.389. The van der Waals surface area contributed by atoms with Crippen LogP contribution in [-0.2, 0) is 16.0 Å². The lowest BCUT2D eigenvalue weighted by molar-refractivity contribution is -0.142. The zero-order chi connectivity index (χ0) is 21.5. The van der Waals surface area contributed by atoms with E-state index in [4.69, 9.17) is 18.7 Å². The van der Waals surface area contributed by atoms with Gasteiger partial charge in [-0.1, -0.05) is 5.16 Å². The molecule has 0 amide bonds. The second-order valence-electron chi connectivity index (χ2n) is 6.17. The van der Waals surface area contributed by atoms with E-state index in [0.717, 1.165) is 0 Å². The molecule has 0 spiro atoms. The van der Waals surface area contributed by atoms with Crippen molar-refractivity contribution in [3.05, 3.63) is 59.7 Å². The summed E-state index contributed by atoms with van der Waals surface area (Å²) in [5, 5.41) is 3.90. The van der Waals surface area contributed by atoms with E-state index in [1.807, 2.05) is 0 Å². The SMILES string of the molecule is COc1ccc(-c2noc(CCC(=O)OCC(=O)c3ccc(F)cc3)n2)cc1OC. The summed E-state index contributed by atoms with van der Waals surface area (Å²) in [5.74, 6) is 0.231. The smallest absolute Gasteiger partial charge is 0.306 e. The van der Waals surface area contributed by atoms with Gasteiger partial charge < -0.3 is 18.7 Å². The van der Waals surface area contributed by atoms with E-state index in [1.54, 1.807) is 18.2 Å². The van der Waals surface area contributed by atoms with Crippen LogP contribution in [-0.4, -0.2) is 42.7 Å². The molecule has 0 bridgehead atoms. The second-order valence-corrected chi connectivity index (χ2v) is 6.17.